The van der Waals surface area contributed by atoms with E-state index in [0.717, 1.165) is 36.2 Å². The van der Waals surface area contributed by atoms with Crippen molar-refractivity contribution in [3.05, 3.63) is 75.0 Å². The van der Waals surface area contributed by atoms with Crippen LogP contribution in [0.5, 0.6) is 0 Å². The predicted molar refractivity (Wildman–Crippen MR) is 124 cm³/mol. The lowest BCUT2D eigenvalue weighted by atomic mass is 9.83. The highest BCUT2D eigenvalue weighted by Crippen LogP contribution is 2.36. The van der Waals surface area contributed by atoms with Gasteiger partial charge in [0, 0.05) is 23.0 Å². The van der Waals surface area contributed by atoms with Gasteiger partial charge in [-0.05, 0) is 79.0 Å². The molecule has 2 aromatic carbocycles. The predicted octanol–water partition coefficient (Wildman–Crippen LogP) is 6.28. The molecule has 31 heavy (non-hydrogen) atoms. The van der Waals surface area contributed by atoms with E-state index >= 15 is 0 Å². The third-order valence-electron chi connectivity index (χ3n) is 6.62. The summed E-state index contributed by atoms with van der Waals surface area (Å²) in [6.45, 7) is 0. The highest BCUT2D eigenvalue weighted by atomic mass is 16.6. The normalized spacial score (nSPS) is 18.6. The highest BCUT2D eigenvalue weighted by Gasteiger charge is 2.22. The maximum absolute atomic E-state index is 10.8. The van der Waals surface area contributed by atoms with Crippen LogP contribution in [0, 0.1) is 10.1 Å². The number of nitrogens with zero attached hydrogens (tertiary/aromatic N) is 3. The molecule has 1 saturated carbocycles. The molecule has 0 amide bonds. The molecule has 0 aliphatic heterocycles. The van der Waals surface area contributed by atoms with Gasteiger partial charge in [-0.2, -0.15) is 10.2 Å². The van der Waals surface area contributed by atoms with Crippen LogP contribution in [0.25, 0.3) is 10.9 Å². The lowest BCUT2D eigenvalue weighted by Crippen LogP contribution is -2.11. The van der Waals surface area contributed by atoms with Gasteiger partial charge in [0.2, 0.25) is 0 Å². The Balaban J connectivity index is 1.41. The number of hydrogen-bond acceptors (Lipinski definition) is 4. The van der Waals surface area contributed by atoms with Crippen molar-refractivity contribution in [1.82, 2.24) is 4.98 Å². The van der Waals surface area contributed by atoms with Gasteiger partial charge in [-0.25, -0.2) is 0 Å². The molecule has 5 rings (SSSR count). The van der Waals surface area contributed by atoms with E-state index in [4.69, 9.17) is 0 Å². The van der Waals surface area contributed by atoms with Gasteiger partial charge in [0.05, 0.1) is 22.5 Å². The quantitative estimate of drug-likeness (QED) is 0.309. The average Bonchev–Trinajstić information content (AvgIpc) is 3.19. The zero-order chi connectivity index (χ0) is 21.2. The van der Waals surface area contributed by atoms with Gasteiger partial charge in [0.15, 0.2) is 0 Å². The Bertz CT molecular complexity index is 1170. The summed E-state index contributed by atoms with van der Waals surface area (Å²) >= 11 is 0. The Hall–Kier alpha value is -3.28. The molecule has 3 aromatic rings. The third kappa shape index (κ3) is 4.02. The van der Waals surface area contributed by atoms with Crippen LogP contribution in [0.3, 0.4) is 0 Å². The minimum atomic E-state index is -0.402. The van der Waals surface area contributed by atoms with Gasteiger partial charge in [0.1, 0.15) is 0 Å². The zero-order valence-electron chi connectivity index (χ0n) is 17.5. The van der Waals surface area contributed by atoms with Gasteiger partial charge in [0.25, 0.3) is 5.69 Å². The van der Waals surface area contributed by atoms with E-state index in [2.05, 4.69) is 33.4 Å². The van der Waals surface area contributed by atoms with E-state index < -0.39 is 4.92 Å². The summed E-state index contributed by atoms with van der Waals surface area (Å²) in [6.07, 6.45) is 11.4. The number of nitrogens with one attached hydrogen (secondary N) is 1. The van der Waals surface area contributed by atoms with Gasteiger partial charge in [-0.15, -0.1) is 0 Å². The molecule has 0 unspecified atom stereocenters. The van der Waals surface area contributed by atoms with Crippen molar-refractivity contribution < 1.29 is 4.92 Å². The molecule has 1 aromatic heterocycles. The fourth-order valence-electron chi connectivity index (χ4n) is 4.97. The van der Waals surface area contributed by atoms with E-state index in [1.807, 2.05) is 0 Å². The van der Waals surface area contributed by atoms with E-state index in [-0.39, 0.29) is 5.69 Å². The number of nitro benzene ring substituents is 1. The standard InChI is InChI=1S/C25H26N4O2/c30-29(31)20-12-9-17(10-13-20)16-26-28-24-8-4-7-21-22-15-19(18-5-2-1-3-6-18)11-14-23(22)27-25(21)24/h9-16,18,27H,1-8H2. The zero-order valence-corrected chi connectivity index (χ0v) is 17.5. The molecule has 0 bridgehead atoms. The Kier molecular flexibility index (Phi) is 5.37. The fourth-order valence-corrected chi connectivity index (χ4v) is 4.97. The van der Waals surface area contributed by atoms with Crippen LogP contribution in [0.4, 0.5) is 5.69 Å². The molecule has 158 valence electrons. The molecule has 6 nitrogen and oxygen atoms in total. The second-order valence-corrected chi connectivity index (χ2v) is 8.61. The maximum Gasteiger partial charge on any atom is 0.269 e. The van der Waals surface area contributed by atoms with E-state index in [1.165, 1.54) is 66.3 Å². The summed E-state index contributed by atoms with van der Waals surface area (Å²) in [4.78, 5) is 14.0. The topological polar surface area (TPSA) is 83.7 Å². The second-order valence-electron chi connectivity index (χ2n) is 8.61. The van der Waals surface area contributed by atoms with Gasteiger partial charge < -0.3 is 4.98 Å². The molecule has 1 heterocycles. The lowest BCUT2D eigenvalue weighted by Gasteiger charge is -2.22. The molecule has 0 saturated heterocycles. The van der Waals surface area contributed by atoms with Crippen LogP contribution < -0.4 is 0 Å². The summed E-state index contributed by atoms with van der Waals surface area (Å²) in [5, 5.41) is 20.9. The highest BCUT2D eigenvalue weighted by molar-refractivity contribution is 6.06. The van der Waals surface area contributed by atoms with Crippen LogP contribution in [0.15, 0.2) is 52.7 Å². The number of benzene rings is 2. The van der Waals surface area contributed by atoms with E-state index in [0.29, 0.717) is 5.92 Å². The number of aromatic amines is 1. The Morgan fingerprint density at radius 2 is 1.81 bits per heavy atom. The first kappa shape index (κ1) is 19.7. The molecular weight excluding hydrogens is 388 g/mol. The summed E-state index contributed by atoms with van der Waals surface area (Å²) < 4.78 is 0. The van der Waals surface area contributed by atoms with Crippen LogP contribution in [-0.4, -0.2) is 21.8 Å². The van der Waals surface area contributed by atoms with Gasteiger partial charge >= 0.3 is 0 Å². The number of hydrogen-bond donors (Lipinski definition) is 1. The minimum absolute atomic E-state index is 0.0751. The molecule has 0 atom stereocenters. The first-order chi connectivity index (χ1) is 15.2. The number of H-pyrrole nitrogens is 1. The smallest absolute Gasteiger partial charge is 0.269 e. The average molecular weight is 415 g/mol. The van der Waals surface area contributed by atoms with Crippen LogP contribution in [0.1, 0.15) is 73.2 Å². The molecule has 2 aliphatic rings. The van der Waals surface area contributed by atoms with Crippen molar-refractivity contribution in [2.75, 3.05) is 0 Å². The number of aryl methyl sites for hydroxylation is 1. The lowest BCUT2D eigenvalue weighted by molar-refractivity contribution is -0.384. The minimum Gasteiger partial charge on any atom is -0.353 e. The number of nitro groups is 1. The van der Waals surface area contributed by atoms with Crippen molar-refractivity contribution >= 4 is 28.5 Å². The van der Waals surface area contributed by atoms with Gasteiger partial charge in [-0.1, -0.05) is 25.3 Å². The SMILES string of the molecule is O=[N+]([O-])c1ccc(C=NN=C2CCCc3c2[nH]c2ccc(C4CCCCC4)cc32)cc1. The van der Waals surface area contributed by atoms with Crippen molar-refractivity contribution in [3.63, 3.8) is 0 Å². The van der Waals surface area contributed by atoms with E-state index in [1.54, 1.807) is 18.3 Å². The second kappa shape index (κ2) is 8.46. The number of fused-ring (bicyclic) bond motifs is 3. The Morgan fingerprint density at radius 3 is 2.58 bits per heavy atom. The monoisotopic (exact) mass is 414 g/mol. The van der Waals surface area contributed by atoms with Gasteiger partial charge in [-0.3, -0.25) is 10.1 Å². The Morgan fingerprint density at radius 1 is 1.00 bits per heavy atom. The Labute approximate surface area is 181 Å². The van der Waals surface area contributed by atoms with Crippen LogP contribution in [0.2, 0.25) is 0 Å². The molecule has 0 radical (unpaired) electrons. The maximum atomic E-state index is 10.8. The van der Waals surface area contributed by atoms with E-state index in [9.17, 15) is 10.1 Å². The molecule has 1 fully saturated rings. The largest absolute Gasteiger partial charge is 0.353 e. The molecule has 6 heteroatoms. The molecular formula is C25H26N4O2. The summed E-state index contributed by atoms with van der Waals surface area (Å²) in [5.74, 6) is 0.701. The van der Waals surface area contributed by atoms with Crippen molar-refractivity contribution in [1.29, 1.82) is 0 Å². The summed E-state index contributed by atoms with van der Waals surface area (Å²) in [6, 6.07) is 13.3. The van der Waals surface area contributed by atoms with Crippen LogP contribution in [-0.2, 0) is 6.42 Å². The van der Waals surface area contributed by atoms with Crippen molar-refractivity contribution in [2.24, 2.45) is 10.2 Å². The van der Waals surface area contributed by atoms with Crippen molar-refractivity contribution in [3.8, 4) is 0 Å². The number of aromatic nitrogens is 1. The first-order valence-electron chi connectivity index (χ1n) is 11.2. The third-order valence-corrected chi connectivity index (χ3v) is 6.62. The molecule has 1 N–H and O–H groups in total. The summed E-state index contributed by atoms with van der Waals surface area (Å²) in [7, 11) is 0. The van der Waals surface area contributed by atoms with Crippen LogP contribution >= 0.6 is 0 Å². The first-order valence-corrected chi connectivity index (χ1v) is 11.2. The molecule has 2 aliphatic carbocycles. The molecule has 0 spiro atoms. The number of rotatable bonds is 4. The number of non-ortho nitro benzene ring substituents is 1. The summed E-state index contributed by atoms with van der Waals surface area (Å²) in [5.41, 5.74) is 6.99. The fraction of sp³-hybridized carbons (Fsp3) is 0.360. The van der Waals surface area contributed by atoms with Crippen molar-refractivity contribution in [2.45, 2.75) is 57.3 Å².